The Kier molecular flexibility index (Phi) is 12.3. The minimum atomic E-state index is 0.147. The van der Waals surface area contributed by atoms with Crippen LogP contribution in [0.5, 0.6) is 0 Å². The quantitative estimate of drug-likeness (QED) is 0.338. The molecule has 0 amide bonds. The van der Waals surface area contributed by atoms with Gasteiger partial charge in [0.1, 0.15) is 0 Å². The standard InChI is InChI=1S/C20H30O/c1-5-6-7-8-9-10-11-12-13-14-15-16-17-20(21)19(4)18(2)3/h6-7,9-10,12-13,15-16,18H,4-5,8,11,14,17H2,1-3H3. The van der Waals surface area contributed by atoms with E-state index in [1.165, 1.54) is 0 Å². The Balaban J connectivity index is 3.72. The summed E-state index contributed by atoms with van der Waals surface area (Å²) in [5, 5.41) is 0. The van der Waals surface area contributed by atoms with Crippen LogP contribution in [-0.4, -0.2) is 5.78 Å². The van der Waals surface area contributed by atoms with Gasteiger partial charge in [-0.1, -0.05) is 76.0 Å². The second-order valence-electron chi connectivity index (χ2n) is 5.31. The van der Waals surface area contributed by atoms with E-state index < -0.39 is 0 Å². The van der Waals surface area contributed by atoms with Crippen molar-refractivity contribution in [1.82, 2.24) is 0 Å². The summed E-state index contributed by atoms with van der Waals surface area (Å²) >= 11 is 0. The molecule has 0 fully saturated rings. The Hall–Kier alpha value is -1.63. The molecule has 0 aromatic heterocycles. The summed E-state index contributed by atoms with van der Waals surface area (Å²) in [6, 6.07) is 0. The summed E-state index contributed by atoms with van der Waals surface area (Å²) in [6.45, 7) is 9.96. The van der Waals surface area contributed by atoms with E-state index >= 15 is 0 Å². The van der Waals surface area contributed by atoms with Gasteiger partial charge >= 0.3 is 0 Å². The lowest BCUT2D eigenvalue weighted by Gasteiger charge is -2.05. The van der Waals surface area contributed by atoms with E-state index in [1.807, 2.05) is 26.0 Å². The Morgan fingerprint density at radius 2 is 1.29 bits per heavy atom. The Morgan fingerprint density at radius 3 is 1.71 bits per heavy atom. The monoisotopic (exact) mass is 286 g/mol. The molecule has 0 bridgehead atoms. The zero-order valence-corrected chi connectivity index (χ0v) is 13.8. The van der Waals surface area contributed by atoms with Gasteiger partial charge in [0.25, 0.3) is 0 Å². The summed E-state index contributed by atoms with van der Waals surface area (Å²) in [5.41, 5.74) is 0.720. The number of ketones is 1. The molecular weight excluding hydrogens is 256 g/mol. The molecule has 0 aliphatic carbocycles. The van der Waals surface area contributed by atoms with Crippen LogP contribution in [0, 0.1) is 5.92 Å². The average molecular weight is 286 g/mol. The SMILES string of the molecule is C=C(C(=O)CC=CCC=CCC=CCC=CCC)C(C)C. The molecular formula is C20H30O. The van der Waals surface area contributed by atoms with Crippen molar-refractivity contribution in [3.63, 3.8) is 0 Å². The van der Waals surface area contributed by atoms with Gasteiger partial charge < -0.3 is 0 Å². The third-order valence-corrected chi connectivity index (χ3v) is 3.08. The number of hydrogen-bond acceptors (Lipinski definition) is 1. The molecule has 0 aliphatic heterocycles. The van der Waals surface area contributed by atoms with Crippen molar-refractivity contribution in [2.45, 2.75) is 52.9 Å². The molecule has 0 atom stereocenters. The minimum absolute atomic E-state index is 0.147. The normalized spacial score (nSPS) is 12.6. The second kappa shape index (κ2) is 13.4. The molecule has 0 unspecified atom stereocenters. The number of rotatable bonds is 11. The van der Waals surface area contributed by atoms with Gasteiger partial charge in [0.2, 0.25) is 0 Å². The molecule has 0 saturated heterocycles. The highest BCUT2D eigenvalue weighted by atomic mass is 16.1. The first-order valence-electron chi connectivity index (χ1n) is 7.91. The number of hydrogen-bond donors (Lipinski definition) is 0. The van der Waals surface area contributed by atoms with Crippen molar-refractivity contribution < 1.29 is 4.79 Å². The van der Waals surface area contributed by atoms with Crippen molar-refractivity contribution in [1.29, 1.82) is 0 Å². The maximum Gasteiger partial charge on any atom is 0.162 e. The van der Waals surface area contributed by atoms with Gasteiger partial charge in [-0.3, -0.25) is 4.79 Å². The van der Waals surface area contributed by atoms with Gasteiger partial charge in [-0.25, -0.2) is 0 Å². The lowest BCUT2D eigenvalue weighted by Crippen LogP contribution is -2.05. The predicted molar refractivity (Wildman–Crippen MR) is 94.3 cm³/mol. The van der Waals surface area contributed by atoms with E-state index in [1.54, 1.807) is 0 Å². The molecule has 0 N–H and O–H groups in total. The smallest absolute Gasteiger partial charge is 0.162 e. The molecule has 1 heteroatoms. The first-order valence-corrected chi connectivity index (χ1v) is 7.91. The molecule has 0 rings (SSSR count). The zero-order valence-electron chi connectivity index (χ0n) is 13.8. The molecule has 21 heavy (non-hydrogen) atoms. The molecule has 0 radical (unpaired) electrons. The summed E-state index contributed by atoms with van der Waals surface area (Å²) in [4.78, 5) is 11.7. The molecule has 1 nitrogen and oxygen atoms in total. The van der Waals surface area contributed by atoms with Crippen LogP contribution < -0.4 is 0 Å². The van der Waals surface area contributed by atoms with E-state index in [0.717, 1.165) is 31.3 Å². The summed E-state index contributed by atoms with van der Waals surface area (Å²) in [5.74, 6) is 0.387. The van der Waals surface area contributed by atoms with Crippen LogP contribution in [0.1, 0.15) is 52.9 Å². The first kappa shape index (κ1) is 19.4. The molecule has 116 valence electrons. The van der Waals surface area contributed by atoms with E-state index in [-0.39, 0.29) is 11.7 Å². The first-order chi connectivity index (χ1) is 10.1. The molecule has 0 saturated carbocycles. The molecule has 0 aromatic rings. The highest BCUT2D eigenvalue weighted by Gasteiger charge is 2.07. The van der Waals surface area contributed by atoms with E-state index in [2.05, 4.69) is 50.0 Å². The van der Waals surface area contributed by atoms with E-state index in [9.17, 15) is 4.79 Å². The van der Waals surface area contributed by atoms with Crippen molar-refractivity contribution in [3.05, 3.63) is 60.8 Å². The van der Waals surface area contributed by atoms with E-state index in [4.69, 9.17) is 0 Å². The Morgan fingerprint density at radius 1 is 0.857 bits per heavy atom. The van der Waals surface area contributed by atoms with Gasteiger partial charge in [0.05, 0.1) is 0 Å². The maximum absolute atomic E-state index is 11.7. The molecule has 0 spiro atoms. The zero-order chi connectivity index (χ0) is 15.9. The van der Waals surface area contributed by atoms with Gasteiger partial charge in [0.15, 0.2) is 5.78 Å². The topological polar surface area (TPSA) is 17.1 Å². The van der Waals surface area contributed by atoms with Crippen molar-refractivity contribution in [2.24, 2.45) is 5.92 Å². The second-order valence-corrected chi connectivity index (χ2v) is 5.31. The van der Waals surface area contributed by atoms with Crippen LogP contribution in [0.4, 0.5) is 0 Å². The number of carbonyl (C=O) groups is 1. The number of carbonyl (C=O) groups excluding carboxylic acids is 1. The Labute approximate surface area is 130 Å². The summed E-state index contributed by atoms with van der Waals surface area (Å²) < 4.78 is 0. The van der Waals surface area contributed by atoms with Crippen molar-refractivity contribution >= 4 is 5.78 Å². The number of allylic oxidation sites excluding steroid dienone is 9. The molecule has 0 aliphatic rings. The predicted octanol–water partition coefficient (Wildman–Crippen LogP) is 5.96. The fourth-order valence-corrected chi connectivity index (χ4v) is 1.62. The minimum Gasteiger partial charge on any atom is -0.294 e. The van der Waals surface area contributed by atoms with Crippen LogP contribution in [0.15, 0.2) is 60.8 Å². The van der Waals surface area contributed by atoms with Crippen LogP contribution in [0.2, 0.25) is 0 Å². The number of Topliss-reactive ketones (excluding diaryl/α,β-unsaturated/α-hetero) is 1. The summed E-state index contributed by atoms with van der Waals surface area (Å²) in [7, 11) is 0. The van der Waals surface area contributed by atoms with Gasteiger partial charge in [0, 0.05) is 6.42 Å². The van der Waals surface area contributed by atoms with Crippen LogP contribution >= 0.6 is 0 Å². The highest BCUT2D eigenvalue weighted by molar-refractivity contribution is 5.95. The van der Waals surface area contributed by atoms with E-state index in [0.29, 0.717) is 6.42 Å². The van der Waals surface area contributed by atoms with Crippen molar-refractivity contribution in [2.75, 3.05) is 0 Å². The molecule has 0 aromatic carbocycles. The van der Waals surface area contributed by atoms with Crippen molar-refractivity contribution in [3.8, 4) is 0 Å². The Bertz CT molecular complexity index is 406. The van der Waals surface area contributed by atoms with Crippen LogP contribution in [0.25, 0.3) is 0 Å². The lowest BCUT2D eigenvalue weighted by atomic mass is 9.99. The lowest BCUT2D eigenvalue weighted by molar-refractivity contribution is -0.115. The summed E-state index contributed by atoms with van der Waals surface area (Å²) in [6.07, 6.45) is 21.4. The van der Waals surface area contributed by atoms with Gasteiger partial charge in [-0.15, -0.1) is 0 Å². The highest BCUT2D eigenvalue weighted by Crippen LogP contribution is 2.10. The largest absolute Gasteiger partial charge is 0.294 e. The fourth-order valence-electron chi connectivity index (χ4n) is 1.62. The third-order valence-electron chi connectivity index (χ3n) is 3.08. The maximum atomic E-state index is 11.7. The van der Waals surface area contributed by atoms with Crippen LogP contribution in [-0.2, 0) is 4.79 Å². The molecule has 0 heterocycles. The third kappa shape index (κ3) is 11.9. The van der Waals surface area contributed by atoms with Gasteiger partial charge in [-0.2, -0.15) is 0 Å². The average Bonchev–Trinajstić information content (AvgIpc) is 2.47. The fraction of sp³-hybridized carbons (Fsp3) is 0.450. The van der Waals surface area contributed by atoms with Crippen LogP contribution in [0.3, 0.4) is 0 Å². The van der Waals surface area contributed by atoms with Gasteiger partial charge in [-0.05, 0) is 37.2 Å².